The Morgan fingerprint density at radius 2 is 2.08 bits per heavy atom. The van der Waals surface area contributed by atoms with E-state index >= 15 is 0 Å². The number of phenolic OH excluding ortho intramolecular Hbond substituents is 1. The Morgan fingerprint density at radius 1 is 1.33 bits per heavy atom. The Labute approximate surface area is 73.0 Å². The van der Waals surface area contributed by atoms with Crippen LogP contribution in [0, 0.1) is 5.92 Å². The van der Waals surface area contributed by atoms with Crippen LogP contribution in [0.2, 0.25) is 0 Å². The Kier molecular flexibility index (Phi) is 1.60. The largest absolute Gasteiger partial charge is 0.508 e. The fourth-order valence-electron chi connectivity index (χ4n) is 2.04. The van der Waals surface area contributed by atoms with Gasteiger partial charge in [0, 0.05) is 0 Å². The van der Waals surface area contributed by atoms with Crippen molar-refractivity contribution >= 4 is 0 Å². The Balaban J connectivity index is 2.47. The van der Waals surface area contributed by atoms with E-state index in [-0.39, 0.29) is 0 Å². The van der Waals surface area contributed by atoms with Crippen LogP contribution in [0.5, 0.6) is 5.75 Å². The van der Waals surface area contributed by atoms with E-state index in [0.29, 0.717) is 11.7 Å². The second-order valence-corrected chi connectivity index (χ2v) is 3.85. The molecule has 0 radical (unpaired) electrons. The van der Waals surface area contributed by atoms with Crippen LogP contribution in [0.1, 0.15) is 30.9 Å². The SMILES string of the molecule is C[C@H]1Cc2cc(O)ccc2[C@@H]1C. The third kappa shape index (κ3) is 1.01. The lowest BCUT2D eigenvalue weighted by atomic mass is 9.97. The van der Waals surface area contributed by atoms with E-state index < -0.39 is 0 Å². The molecule has 0 fully saturated rings. The summed E-state index contributed by atoms with van der Waals surface area (Å²) in [5.41, 5.74) is 2.75. The highest BCUT2D eigenvalue weighted by atomic mass is 16.3. The molecule has 2 rings (SSSR count). The van der Waals surface area contributed by atoms with Gasteiger partial charge in [-0.1, -0.05) is 19.9 Å². The van der Waals surface area contributed by atoms with E-state index in [9.17, 15) is 5.11 Å². The molecule has 1 heteroatoms. The van der Waals surface area contributed by atoms with E-state index in [2.05, 4.69) is 19.9 Å². The first kappa shape index (κ1) is 7.66. The normalized spacial score (nSPS) is 27.2. The second-order valence-electron chi connectivity index (χ2n) is 3.85. The molecule has 0 aliphatic heterocycles. The van der Waals surface area contributed by atoms with Gasteiger partial charge in [0.15, 0.2) is 0 Å². The van der Waals surface area contributed by atoms with Gasteiger partial charge in [-0.05, 0) is 41.5 Å². The molecule has 0 unspecified atom stereocenters. The smallest absolute Gasteiger partial charge is 0.115 e. The van der Waals surface area contributed by atoms with Gasteiger partial charge >= 0.3 is 0 Å². The molecule has 1 aliphatic carbocycles. The number of phenols is 1. The lowest BCUT2D eigenvalue weighted by Gasteiger charge is -2.08. The van der Waals surface area contributed by atoms with Crippen molar-refractivity contribution in [3.63, 3.8) is 0 Å². The number of rotatable bonds is 0. The minimum atomic E-state index is 0.398. The van der Waals surface area contributed by atoms with E-state index in [0.717, 1.165) is 12.3 Å². The fraction of sp³-hybridized carbons (Fsp3) is 0.455. The van der Waals surface area contributed by atoms with Crippen LogP contribution in [0.4, 0.5) is 0 Å². The van der Waals surface area contributed by atoms with E-state index in [1.165, 1.54) is 11.1 Å². The third-order valence-corrected chi connectivity index (χ3v) is 3.01. The monoisotopic (exact) mass is 162 g/mol. The number of aromatic hydroxyl groups is 1. The summed E-state index contributed by atoms with van der Waals surface area (Å²) < 4.78 is 0. The van der Waals surface area contributed by atoms with Gasteiger partial charge in [0.25, 0.3) is 0 Å². The zero-order valence-corrected chi connectivity index (χ0v) is 7.54. The molecule has 1 aromatic rings. The van der Waals surface area contributed by atoms with Gasteiger partial charge in [-0.3, -0.25) is 0 Å². The molecule has 12 heavy (non-hydrogen) atoms. The summed E-state index contributed by atoms with van der Waals surface area (Å²) in [5.74, 6) is 1.78. The number of hydrogen-bond acceptors (Lipinski definition) is 1. The standard InChI is InChI=1S/C11H14O/c1-7-5-9-6-10(12)3-4-11(9)8(7)2/h3-4,6-8,12H,5H2,1-2H3/t7-,8+/m0/s1. The molecule has 0 heterocycles. The molecule has 0 saturated carbocycles. The van der Waals surface area contributed by atoms with E-state index in [1.54, 1.807) is 6.07 Å². The van der Waals surface area contributed by atoms with E-state index in [4.69, 9.17) is 0 Å². The van der Waals surface area contributed by atoms with Crippen LogP contribution in [0.3, 0.4) is 0 Å². The van der Waals surface area contributed by atoms with Crippen molar-refractivity contribution in [2.45, 2.75) is 26.2 Å². The predicted octanol–water partition coefficient (Wildman–Crippen LogP) is 2.69. The minimum Gasteiger partial charge on any atom is -0.508 e. The van der Waals surface area contributed by atoms with Crippen molar-refractivity contribution < 1.29 is 5.11 Å². The molecule has 0 spiro atoms. The third-order valence-electron chi connectivity index (χ3n) is 3.01. The molecule has 0 amide bonds. The van der Waals surface area contributed by atoms with Crippen LogP contribution >= 0.6 is 0 Å². The van der Waals surface area contributed by atoms with Crippen molar-refractivity contribution in [1.29, 1.82) is 0 Å². The van der Waals surface area contributed by atoms with Crippen LogP contribution in [0.25, 0.3) is 0 Å². The number of hydrogen-bond donors (Lipinski definition) is 1. The lowest BCUT2D eigenvalue weighted by molar-refractivity contribution is 0.474. The average Bonchev–Trinajstić information content (AvgIpc) is 2.28. The minimum absolute atomic E-state index is 0.398. The summed E-state index contributed by atoms with van der Waals surface area (Å²) in [6.07, 6.45) is 1.12. The predicted molar refractivity (Wildman–Crippen MR) is 49.4 cm³/mol. The molecule has 0 bridgehead atoms. The van der Waals surface area contributed by atoms with Gasteiger partial charge in [0.1, 0.15) is 5.75 Å². The zero-order chi connectivity index (χ0) is 8.72. The van der Waals surface area contributed by atoms with Gasteiger partial charge in [0.2, 0.25) is 0 Å². The van der Waals surface area contributed by atoms with Crippen LogP contribution < -0.4 is 0 Å². The van der Waals surface area contributed by atoms with Crippen LogP contribution in [0.15, 0.2) is 18.2 Å². The highest BCUT2D eigenvalue weighted by Gasteiger charge is 2.25. The van der Waals surface area contributed by atoms with Crippen molar-refractivity contribution in [3.8, 4) is 5.75 Å². The summed E-state index contributed by atoms with van der Waals surface area (Å²) in [6.45, 7) is 4.52. The van der Waals surface area contributed by atoms with Gasteiger partial charge in [-0.15, -0.1) is 0 Å². The first-order chi connectivity index (χ1) is 5.68. The Morgan fingerprint density at radius 3 is 2.83 bits per heavy atom. The summed E-state index contributed by atoms with van der Waals surface area (Å²) in [5, 5.41) is 9.27. The molecule has 0 aromatic heterocycles. The first-order valence-corrected chi connectivity index (χ1v) is 4.50. The van der Waals surface area contributed by atoms with Crippen molar-refractivity contribution in [2.24, 2.45) is 5.92 Å². The lowest BCUT2D eigenvalue weighted by Crippen LogP contribution is -1.97. The first-order valence-electron chi connectivity index (χ1n) is 4.50. The summed E-state index contributed by atoms with van der Waals surface area (Å²) in [7, 11) is 0. The fourth-order valence-corrected chi connectivity index (χ4v) is 2.04. The van der Waals surface area contributed by atoms with Crippen molar-refractivity contribution in [1.82, 2.24) is 0 Å². The molecule has 0 saturated heterocycles. The molecule has 1 aliphatic rings. The topological polar surface area (TPSA) is 20.2 Å². The van der Waals surface area contributed by atoms with Gasteiger partial charge in [0.05, 0.1) is 0 Å². The van der Waals surface area contributed by atoms with Crippen molar-refractivity contribution in [3.05, 3.63) is 29.3 Å². The Bertz CT molecular complexity index is 304. The maximum Gasteiger partial charge on any atom is 0.115 e. The summed E-state index contributed by atoms with van der Waals surface area (Å²) in [6, 6.07) is 5.74. The van der Waals surface area contributed by atoms with Gasteiger partial charge in [-0.25, -0.2) is 0 Å². The van der Waals surface area contributed by atoms with E-state index in [1.807, 2.05) is 6.07 Å². The molecule has 1 aromatic carbocycles. The molecule has 2 atom stereocenters. The molecule has 1 N–H and O–H groups in total. The molecule has 64 valence electrons. The second kappa shape index (κ2) is 2.51. The summed E-state index contributed by atoms with van der Waals surface area (Å²) in [4.78, 5) is 0. The van der Waals surface area contributed by atoms with Crippen molar-refractivity contribution in [2.75, 3.05) is 0 Å². The summed E-state index contributed by atoms with van der Waals surface area (Å²) >= 11 is 0. The average molecular weight is 162 g/mol. The van der Waals surface area contributed by atoms with Crippen LogP contribution in [-0.2, 0) is 6.42 Å². The Hall–Kier alpha value is -0.980. The van der Waals surface area contributed by atoms with Gasteiger partial charge in [-0.2, -0.15) is 0 Å². The highest BCUT2D eigenvalue weighted by Crippen LogP contribution is 2.38. The highest BCUT2D eigenvalue weighted by molar-refractivity contribution is 5.40. The zero-order valence-electron chi connectivity index (χ0n) is 7.54. The molecular weight excluding hydrogens is 148 g/mol. The molecule has 1 nitrogen and oxygen atoms in total. The quantitative estimate of drug-likeness (QED) is 0.621. The molecular formula is C11H14O. The van der Waals surface area contributed by atoms with Crippen LogP contribution in [-0.4, -0.2) is 5.11 Å². The number of benzene rings is 1. The maximum atomic E-state index is 9.27. The van der Waals surface area contributed by atoms with Gasteiger partial charge < -0.3 is 5.11 Å². The number of fused-ring (bicyclic) bond motifs is 1. The maximum absolute atomic E-state index is 9.27.